The monoisotopic (exact) mass is 402 g/mol. The van der Waals surface area contributed by atoms with Gasteiger partial charge in [0.25, 0.3) is 0 Å². The third-order valence-corrected chi connectivity index (χ3v) is 8.52. The highest BCUT2D eigenvalue weighted by Gasteiger charge is 2.52. The van der Waals surface area contributed by atoms with Crippen LogP contribution in [0, 0.1) is 11.3 Å². The van der Waals surface area contributed by atoms with Crippen molar-refractivity contribution in [3.8, 4) is 6.07 Å². The molecule has 3 aliphatic rings. The van der Waals surface area contributed by atoms with E-state index in [9.17, 15) is 13.7 Å². The van der Waals surface area contributed by atoms with Crippen molar-refractivity contribution < 1.29 is 8.42 Å². The smallest absolute Gasteiger partial charge is 0.213 e. The molecule has 2 heterocycles. The Bertz CT molecular complexity index is 822. The van der Waals surface area contributed by atoms with Gasteiger partial charge in [0.1, 0.15) is 0 Å². The van der Waals surface area contributed by atoms with Crippen molar-refractivity contribution in [1.29, 1.82) is 5.26 Å². The highest BCUT2D eigenvalue weighted by atomic mass is 32.2. The largest absolute Gasteiger partial charge is 0.311 e. The maximum atomic E-state index is 12.1. The molecule has 28 heavy (non-hydrogen) atoms. The van der Waals surface area contributed by atoms with Crippen LogP contribution in [0.25, 0.3) is 0 Å². The van der Waals surface area contributed by atoms with Crippen molar-refractivity contribution in [3.63, 3.8) is 0 Å². The minimum absolute atomic E-state index is 0.131. The summed E-state index contributed by atoms with van der Waals surface area (Å²) in [5.74, 6) is 0.773. The Kier molecular flexibility index (Phi) is 5.49. The Morgan fingerprint density at radius 1 is 1.21 bits per heavy atom. The quantitative estimate of drug-likeness (QED) is 0.754. The summed E-state index contributed by atoms with van der Waals surface area (Å²) in [5.41, 5.74) is 1.14. The Balaban J connectivity index is 1.28. The molecule has 2 atom stereocenters. The number of rotatable bonds is 7. The van der Waals surface area contributed by atoms with Crippen LogP contribution in [-0.2, 0) is 10.0 Å². The second-order valence-corrected chi connectivity index (χ2v) is 10.8. The number of nitriles is 1. The molecule has 1 aromatic rings. The summed E-state index contributed by atoms with van der Waals surface area (Å²) in [7, 11) is -3.16. The van der Waals surface area contributed by atoms with Gasteiger partial charge in [0, 0.05) is 44.2 Å². The molecule has 1 aromatic carbocycles. The van der Waals surface area contributed by atoms with Crippen molar-refractivity contribution in [2.75, 3.05) is 31.9 Å². The van der Waals surface area contributed by atoms with Gasteiger partial charge in [0.15, 0.2) is 0 Å². The van der Waals surface area contributed by atoms with Crippen LogP contribution in [0.5, 0.6) is 0 Å². The summed E-state index contributed by atoms with van der Waals surface area (Å²) >= 11 is 0. The van der Waals surface area contributed by atoms with E-state index in [4.69, 9.17) is 0 Å². The molecule has 2 saturated heterocycles. The lowest BCUT2D eigenvalue weighted by molar-refractivity contribution is -0.0255. The average Bonchev–Trinajstić information content (AvgIpc) is 3.45. The van der Waals surface area contributed by atoms with Gasteiger partial charge in [0.05, 0.1) is 23.8 Å². The van der Waals surface area contributed by atoms with Gasteiger partial charge in [-0.2, -0.15) is 9.57 Å². The Labute approximate surface area is 168 Å². The molecule has 1 N–H and O–H groups in total. The second-order valence-electron chi connectivity index (χ2n) is 8.52. The molecule has 0 aromatic heterocycles. The summed E-state index contributed by atoms with van der Waals surface area (Å²) < 4.78 is 25.7. The number of hydrogen-bond acceptors (Lipinski definition) is 5. The predicted octanol–water partition coefficient (Wildman–Crippen LogP) is 1.91. The van der Waals surface area contributed by atoms with Crippen LogP contribution < -0.4 is 5.32 Å². The zero-order valence-corrected chi connectivity index (χ0v) is 17.4. The minimum atomic E-state index is -3.16. The van der Waals surface area contributed by atoms with Gasteiger partial charge < -0.3 is 5.32 Å². The number of piperidine rings is 1. The van der Waals surface area contributed by atoms with E-state index in [-0.39, 0.29) is 11.3 Å². The SMILES string of the molecule is CCS(=O)(=O)N1CC(CC#N)(N2CCC(N[C@@H]3C[C@@H]3c3ccccc3)CC2)C1. The molecule has 0 spiro atoms. The molecule has 0 bridgehead atoms. The van der Waals surface area contributed by atoms with Crippen molar-refractivity contribution in [1.82, 2.24) is 14.5 Å². The molecular formula is C21H30N4O2S. The van der Waals surface area contributed by atoms with E-state index < -0.39 is 10.0 Å². The van der Waals surface area contributed by atoms with Crippen LogP contribution in [0.1, 0.15) is 44.1 Å². The lowest BCUT2D eigenvalue weighted by atomic mass is 9.84. The lowest BCUT2D eigenvalue weighted by Gasteiger charge is -2.55. The minimum Gasteiger partial charge on any atom is -0.311 e. The lowest BCUT2D eigenvalue weighted by Crippen LogP contribution is -2.72. The molecule has 1 aliphatic carbocycles. The van der Waals surface area contributed by atoms with Gasteiger partial charge in [-0.25, -0.2) is 8.42 Å². The molecule has 152 valence electrons. The van der Waals surface area contributed by atoms with Crippen LogP contribution in [0.3, 0.4) is 0 Å². The fourth-order valence-corrected chi connectivity index (χ4v) is 6.07. The normalized spacial score (nSPS) is 28.4. The number of nitrogens with one attached hydrogen (secondary N) is 1. The summed E-state index contributed by atoms with van der Waals surface area (Å²) in [4.78, 5) is 2.37. The van der Waals surface area contributed by atoms with Crippen LogP contribution in [0.2, 0.25) is 0 Å². The first-order valence-electron chi connectivity index (χ1n) is 10.4. The van der Waals surface area contributed by atoms with Crippen molar-refractivity contribution in [2.24, 2.45) is 0 Å². The third-order valence-electron chi connectivity index (χ3n) is 6.74. The van der Waals surface area contributed by atoms with E-state index in [1.807, 2.05) is 0 Å². The molecule has 7 heteroatoms. The van der Waals surface area contributed by atoms with E-state index in [1.165, 1.54) is 12.0 Å². The van der Waals surface area contributed by atoms with Crippen molar-refractivity contribution in [2.45, 2.75) is 56.1 Å². The number of nitrogens with zero attached hydrogens (tertiary/aromatic N) is 3. The molecule has 3 fully saturated rings. The Morgan fingerprint density at radius 3 is 2.50 bits per heavy atom. The molecular weight excluding hydrogens is 372 g/mol. The number of hydrogen-bond donors (Lipinski definition) is 1. The van der Waals surface area contributed by atoms with E-state index in [0.717, 1.165) is 25.9 Å². The van der Waals surface area contributed by atoms with Crippen LogP contribution in [0.4, 0.5) is 0 Å². The first-order chi connectivity index (χ1) is 13.5. The van der Waals surface area contributed by atoms with E-state index in [0.29, 0.717) is 37.5 Å². The van der Waals surface area contributed by atoms with E-state index in [2.05, 4.69) is 46.6 Å². The standard InChI is InChI=1S/C21H30N4O2S/c1-2-28(26,27)25-15-21(16-25,10-11-22)24-12-8-18(9-13-24)23-20-14-19(20)17-6-4-3-5-7-17/h3-7,18-20,23H,2,8-10,12-16H2,1H3/t19-,20-/m1/s1. The van der Waals surface area contributed by atoms with Crippen LogP contribution in [-0.4, -0.2) is 67.2 Å². The van der Waals surface area contributed by atoms with Gasteiger partial charge in [-0.3, -0.25) is 4.90 Å². The molecule has 1 saturated carbocycles. The molecule has 0 amide bonds. The molecule has 4 rings (SSSR count). The summed E-state index contributed by atoms with van der Waals surface area (Å²) in [5, 5.41) is 13.1. The molecule has 2 aliphatic heterocycles. The number of likely N-dealkylation sites (tertiary alicyclic amines) is 1. The van der Waals surface area contributed by atoms with Crippen molar-refractivity contribution in [3.05, 3.63) is 35.9 Å². The van der Waals surface area contributed by atoms with Gasteiger partial charge in [0.2, 0.25) is 10.0 Å². The maximum Gasteiger partial charge on any atom is 0.213 e. The average molecular weight is 403 g/mol. The Morgan fingerprint density at radius 2 is 1.89 bits per heavy atom. The molecule has 0 unspecified atom stereocenters. The van der Waals surface area contributed by atoms with Gasteiger partial charge in [-0.05, 0) is 31.7 Å². The first-order valence-corrected chi connectivity index (χ1v) is 12.0. The number of sulfonamides is 1. The molecule has 0 radical (unpaired) electrons. The topological polar surface area (TPSA) is 76.4 Å². The zero-order chi connectivity index (χ0) is 19.8. The van der Waals surface area contributed by atoms with E-state index >= 15 is 0 Å². The highest BCUT2D eigenvalue weighted by molar-refractivity contribution is 7.89. The van der Waals surface area contributed by atoms with Crippen LogP contribution >= 0.6 is 0 Å². The fraction of sp³-hybridized carbons (Fsp3) is 0.667. The summed E-state index contributed by atoms with van der Waals surface area (Å²) in [6.45, 7) is 4.47. The van der Waals surface area contributed by atoms with Gasteiger partial charge >= 0.3 is 0 Å². The molecule has 6 nitrogen and oxygen atoms in total. The van der Waals surface area contributed by atoms with Crippen molar-refractivity contribution >= 4 is 10.0 Å². The first kappa shape index (κ1) is 19.8. The zero-order valence-electron chi connectivity index (χ0n) is 16.5. The summed E-state index contributed by atoms with van der Waals surface area (Å²) in [6, 6.07) is 14.1. The van der Waals surface area contributed by atoms with E-state index in [1.54, 1.807) is 11.2 Å². The Hall–Kier alpha value is -1.46. The second kappa shape index (κ2) is 7.75. The summed E-state index contributed by atoms with van der Waals surface area (Å²) in [6.07, 6.45) is 3.74. The third kappa shape index (κ3) is 3.84. The highest BCUT2D eigenvalue weighted by Crippen LogP contribution is 2.42. The number of benzene rings is 1. The van der Waals surface area contributed by atoms with Gasteiger partial charge in [-0.1, -0.05) is 30.3 Å². The maximum absolute atomic E-state index is 12.1. The van der Waals surface area contributed by atoms with Gasteiger partial charge in [-0.15, -0.1) is 0 Å². The fourth-order valence-electron chi connectivity index (χ4n) is 4.83. The van der Waals surface area contributed by atoms with Crippen LogP contribution in [0.15, 0.2) is 30.3 Å². The predicted molar refractivity (Wildman–Crippen MR) is 109 cm³/mol.